The molecule has 0 unspecified atom stereocenters. The standard InChI is InChI=1S/C17H18N2O2/c1-20-15-6-3-7-16(9-15)21-11-14-8-12-4-2-5-13(10-18)17(12)19-14/h2-9,19H,10-11,18H2,1H3. The lowest BCUT2D eigenvalue weighted by Gasteiger charge is -2.06. The number of methoxy groups -OCH3 is 1. The number of ether oxygens (including phenoxy) is 2. The van der Waals surface area contributed by atoms with Gasteiger partial charge in [-0.25, -0.2) is 0 Å². The summed E-state index contributed by atoms with van der Waals surface area (Å²) in [6.07, 6.45) is 0. The van der Waals surface area contributed by atoms with E-state index in [1.165, 1.54) is 0 Å². The van der Waals surface area contributed by atoms with Crippen LogP contribution in [-0.2, 0) is 13.2 Å². The molecule has 0 radical (unpaired) electrons. The summed E-state index contributed by atoms with van der Waals surface area (Å²) < 4.78 is 11.0. The largest absolute Gasteiger partial charge is 0.497 e. The molecule has 1 aromatic heterocycles. The Balaban J connectivity index is 1.78. The van der Waals surface area contributed by atoms with Crippen molar-refractivity contribution in [1.82, 2.24) is 4.98 Å². The van der Waals surface area contributed by atoms with E-state index in [-0.39, 0.29) is 0 Å². The molecule has 2 aromatic carbocycles. The van der Waals surface area contributed by atoms with E-state index >= 15 is 0 Å². The number of nitrogens with one attached hydrogen (secondary N) is 1. The highest BCUT2D eigenvalue weighted by Crippen LogP contribution is 2.22. The van der Waals surface area contributed by atoms with Gasteiger partial charge in [0.05, 0.1) is 18.3 Å². The second kappa shape index (κ2) is 5.89. The molecular formula is C17H18N2O2. The zero-order chi connectivity index (χ0) is 14.7. The maximum atomic E-state index is 5.80. The minimum absolute atomic E-state index is 0.478. The first-order valence-corrected chi connectivity index (χ1v) is 6.86. The SMILES string of the molecule is COc1cccc(OCc2cc3cccc(CN)c3[nH]2)c1. The van der Waals surface area contributed by atoms with Crippen LogP contribution in [0.4, 0.5) is 0 Å². The van der Waals surface area contributed by atoms with Crippen LogP contribution in [0.25, 0.3) is 10.9 Å². The van der Waals surface area contributed by atoms with Gasteiger partial charge in [0.25, 0.3) is 0 Å². The molecule has 3 rings (SSSR count). The van der Waals surface area contributed by atoms with Gasteiger partial charge < -0.3 is 20.2 Å². The average Bonchev–Trinajstić information content (AvgIpc) is 2.96. The van der Waals surface area contributed by atoms with Crippen LogP contribution in [0, 0.1) is 0 Å². The van der Waals surface area contributed by atoms with Gasteiger partial charge in [-0.05, 0) is 23.8 Å². The molecule has 0 atom stereocenters. The first kappa shape index (κ1) is 13.5. The van der Waals surface area contributed by atoms with Gasteiger partial charge in [0.2, 0.25) is 0 Å². The Morgan fingerprint density at radius 2 is 1.86 bits per heavy atom. The van der Waals surface area contributed by atoms with Gasteiger partial charge in [0.1, 0.15) is 18.1 Å². The third-order valence-electron chi connectivity index (χ3n) is 3.45. The van der Waals surface area contributed by atoms with Crippen molar-refractivity contribution in [3.63, 3.8) is 0 Å². The molecular weight excluding hydrogens is 264 g/mol. The molecule has 0 aliphatic heterocycles. The quantitative estimate of drug-likeness (QED) is 0.755. The van der Waals surface area contributed by atoms with E-state index in [0.717, 1.165) is 33.7 Å². The summed E-state index contributed by atoms with van der Waals surface area (Å²) in [4.78, 5) is 3.38. The van der Waals surface area contributed by atoms with Crippen molar-refractivity contribution in [2.75, 3.05) is 7.11 Å². The smallest absolute Gasteiger partial charge is 0.128 e. The van der Waals surface area contributed by atoms with Crippen LogP contribution in [0.1, 0.15) is 11.3 Å². The van der Waals surface area contributed by atoms with Crippen LogP contribution in [0.3, 0.4) is 0 Å². The number of aromatic nitrogens is 1. The number of para-hydroxylation sites is 1. The van der Waals surface area contributed by atoms with E-state index in [9.17, 15) is 0 Å². The van der Waals surface area contributed by atoms with Crippen LogP contribution in [0.2, 0.25) is 0 Å². The molecule has 0 spiro atoms. The van der Waals surface area contributed by atoms with E-state index in [1.807, 2.05) is 36.4 Å². The molecule has 4 heteroatoms. The van der Waals surface area contributed by atoms with E-state index in [1.54, 1.807) is 7.11 Å². The van der Waals surface area contributed by atoms with Gasteiger partial charge in [-0.15, -0.1) is 0 Å². The molecule has 3 N–H and O–H groups in total. The zero-order valence-corrected chi connectivity index (χ0v) is 11.9. The summed E-state index contributed by atoms with van der Waals surface area (Å²) in [5.74, 6) is 1.57. The fraction of sp³-hybridized carbons (Fsp3) is 0.176. The molecule has 4 nitrogen and oxygen atoms in total. The van der Waals surface area contributed by atoms with Crippen molar-refractivity contribution in [1.29, 1.82) is 0 Å². The first-order chi connectivity index (χ1) is 10.3. The van der Waals surface area contributed by atoms with Crippen LogP contribution in [-0.4, -0.2) is 12.1 Å². The Labute approximate surface area is 123 Å². The number of rotatable bonds is 5. The van der Waals surface area contributed by atoms with Gasteiger partial charge >= 0.3 is 0 Å². The zero-order valence-electron chi connectivity index (χ0n) is 11.9. The Hall–Kier alpha value is -2.46. The molecule has 3 aromatic rings. The van der Waals surface area contributed by atoms with Gasteiger partial charge in [-0.3, -0.25) is 0 Å². The number of nitrogens with two attached hydrogens (primary N) is 1. The summed E-state index contributed by atoms with van der Waals surface area (Å²) in [7, 11) is 1.64. The maximum Gasteiger partial charge on any atom is 0.128 e. The van der Waals surface area contributed by atoms with Crippen molar-refractivity contribution in [2.24, 2.45) is 5.73 Å². The van der Waals surface area contributed by atoms with Gasteiger partial charge in [0, 0.05) is 18.0 Å². The predicted octanol–water partition coefficient (Wildman–Crippen LogP) is 3.21. The second-order valence-corrected chi connectivity index (χ2v) is 4.85. The highest BCUT2D eigenvalue weighted by atomic mass is 16.5. The van der Waals surface area contributed by atoms with Crippen LogP contribution in [0.15, 0.2) is 48.5 Å². The summed E-state index contributed by atoms with van der Waals surface area (Å²) >= 11 is 0. The summed E-state index contributed by atoms with van der Waals surface area (Å²) in [5.41, 5.74) is 8.98. The van der Waals surface area contributed by atoms with Crippen molar-refractivity contribution < 1.29 is 9.47 Å². The molecule has 0 fully saturated rings. The minimum Gasteiger partial charge on any atom is -0.497 e. The topological polar surface area (TPSA) is 60.3 Å². The normalized spacial score (nSPS) is 10.8. The minimum atomic E-state index is 0.478. The van der Waals surface area contributed by atoms with Crippen molar-refractivity contribution in [3.05, 3.63) is 59.8 Å². The molecule has 1 heterocycles. The highest BCUT2D eigenvalue weighted by Gasteiger charge is 2.05. The van der Waals surface area contributed by atoms with Crippen molar-refractivity contribution in [3.8, 4) is 11.5 Å². The van der Waals surface area contributed by atoms with Gasteiger partial charge in [0.15, 0.2) is 0 Å². The fourth-order valence-electron chi connectivity index (χ4n) is 2.38. The van der Waals surface area contributed by atoms with Crippen LogP contribution >= 0.6 is 0 Å². The van der Waals surface area contributed by atoms with Crippen molar-refractivity contribution in [2.45, 2.75) is 13.2 Å². The molecule has 0 aliphatic rings. The third-order valence-corrected chi connectivity index (χ3v) is 3.45. The van der Waals surface area contributed by atoms with Gasteiger partial charge in [-0.2, -0.15) is 0 Å². The highest BCUT2D eigenvalue weighted by molar-refractivity contribution is 5.83. The Bertz CT molecular complexity index is 749. The monoisotopic (exact) mass is 282 g/mol. The van der Waals surface area contributed by atoms with E-state index < -0.39 is 0 Å². The average molecular weight is 282 g/mol. The molecule has 0 amide bonds. The molecule has 108 valence electrons. The van der Waals surface area contributed by atoms with E-state index in [2.05, 4.69) is 17.1 Å². The lowest BCUT2D eigenvalue weighted by Crippen LogP contribution is -1.98. The van der Waals surface area contributed by atoms with Crippen LogP contribution < -0.4 is 15.2 Å². The first-order valence-electron chi connectivity index (χ1n) is 6.86. The van der Waals surface area contributed by atoms with E-state index in [4.69, 9.17) is 15.2 Å². The molecule has 21 heavy (non-hydrogen) atoms. The lowest BCUT2D eigenvalue weighted by molar-refractivity contribution is 0.300. The molecule has 0 saturated carbocycles. The number of hydrogen-bond donors (Lipinski definition) is 2. The second-order valence-electron chi connectivity index (χ2n) is 4.85. The Morgan fingerprint density at radius 3 is 2.67 bits per heavy atom. The fourth-order valence-corrected chi connectivity index (χ4v) is 2.38. The molecule has 0 saturated heterocycles. The maximum absolute atomic E-state index is 5.80. The van der Waals surface area contributed by atoms with Crippen molar-refractivity contribution >= 4 is 10.9 Å². The number of fused-ring (bicyclic) bond motifs is 1. The lowest BCUT2D eigenvalue weighted by atomic mass is 10.1. The third kappa shape index (κ3) is 2.85. The summed E-state index contributed by atoms with van der Waals surface area (Å²) in [5, 5.41) is 1.15. The number of benzene rings is 2. The summed E-state index contributed by atoms with van der Waals surface area (Å²) in [6, 6.07) is 15.8. The van der Waals surface area contributed by atoms with Crippen LogP contribution in [0.5, 0.6) is 11.5 Å². The predicted molar refractivity (Wildman–Crippen MR) is 83.5 cm³/mol. The Morgan fingerprint density at radius 1 is 1.05 bits per heavy atom. The molecule has 0 bridgehead atoms. The summed E-state index contributed by atoms with van der Waals surface area (Å²) in [6.45, 7) is 1.000. The van der Waals surface area contributed by atoms with E-state index in [0.29, 0.717) is 13.2 Å². The number of H-pyrrole nitrogens is 1. The molecule has 0 aliphatic carbocycles. The van der Waals surface area contributed by atoms with Gasteiger partial charge in [-0.1, -0.05) is 24.3 Å². The Kier molecular flexibility index (Phi) is 3.79. The number of hydrogen-bond acceptors (Lipinski definition) is 3. The number of aromatic amines is 1.